The molecule has 1 N–H and O–H groups in total. The van der Waals surface area contributed by atoms with Crippen molar-refractivity contribution in [2.45, 2.75) is 18.9 Å². The Labute approximate surface area is 206 Å². The molecule has 4 rings (SSSR count). The summed E-state index contributed by atoms with van der Waals surface area (Å²) in [5.74, 6) is -1.16. The molecule has 0 spiro atoms. The summed E-state index contributed by atoms with van der Waals surface area (Å²) in [7, 11) is 0. The molecule has 1 atom stereocenters. The van der Waals surface area contributed by atoms with E-state index in [1.807, 2.05) is 12.1 Å². The van der Waals surface area contributed by atoms with Crippen molar-refractivity contribution in [2.75, 3.05) is 39.4 Å². The van der Waals surface area contributed by atoms with Gasteiger partial charge in [0.05, 0.1) is 13.2 Å². The number of amides is 3. The van der Waals surface area contributed by atoms with Gasteiger partial charge in [0.25, 0.3) is 11.8 Å². The van der Waals surface area contributed by atoms with E-state index in [1.165, 1.54) is 24.3 Å². The summed E-state index contributed by atoms with van der Waals surface area (Å²) in [6.07, 6.45) is 1.17. The number of benzene rings is 2. The molecule has 0 aliphatic carbocycles. The van der Waals surface area contributed by atoms with E-state index in [4.69, 9.17) is 4.74 Å². The first-order valence-corrected chi connectivity index (χ1v) is 12.2. The van der Waals surface area contributed by atoms with Crippen molar-refractivity contribution in [1.82, 2.24) is 15.1 Å². The summed E-state index contributed by atoms with van der Waals surface area (Å²) in [6.45, 7) is 2.86. The Morgan fingerprint density at radius 1 is 0.941 bits per heavy atom. The van der Waals surface area contributed by atoms with Gasteiger partial charge in [-0.1, -0.05) is 22.0 Å². The third kappa shape index (κ3) is 5.82. The highest BCUT2D eigenvalue weighted by Crippen LogP contribution is 2.25. The average molecular weight is 532 g/mol. The molecule has 0 bridgehead atoms. The maximum atomic E-state index is 13.4. The molecule has 0 saturated carbocycles. The van der Waals surface area contributed by atoms with Gasteiger partial charge >= 0.3 is 0 Å². The predicted octanol–water partition coefficient (Wildman–Crippen LogP) is 3.10. The largest absolute Gasteiger partial charge is 0.378 e. The van der Waals surface area contributed by atoms with Crippen LogP contribution in [0.1, 0.15) is 33.6 Å². The number of carbonyl (C=O) groups is 3. The molecule has 9 heteroatoms. The number of likely N-dealkylation sites (tertiary alicyclic amines) is 1. The zero-order valence-electron chi connectivity index (χ0n) is 18.7. The second-order valence-electron chi connectivity index (χ2n) is 8.54. The van der Waals surface area contributed by atoms with E-state index in [9.17, 15) is 18.8 Å². The molecule has 34 heavy (non-hydrogen) atoms. The van der Waals surface area contributed by atoms with Gasteiger partial charge in [-0.2, -0.15) is 0 Å². The van der Waals surface area contributed by atoms with Crippen LogP contribution in [0.4, 0.5) is 4.39 Å². The third-order valence-electron chi connectivity index (χ3n) is 6.35. The molecule has 2 heterocycles. The van der Waals surface area contributed by atoms with Crippen LogP contribution in [-0.2, 0) is 9.53 Å². The zero-order valence-corrected chi connectivity index (χ0v) is 20.3. The van der Waals surface area contributed by atoms with Crippen molar-refractivity contribution in [3.63, 3.8) is 0 Å². The van der Waals surface area contributed by atoms with Gasteiger partial charge in [0.2, 0.25) is 5.91 Å². The summed E-state index contributed by atoms with van der Waals surface area (Å²) in [5.41, 5.74) is 0.904. The van der Waals surface area contributed by atoms with Crippen LogP contribution in [0.2, 0.25) is 0 Å². The first-order chi connectivity index (χ1) is 16.4. The van der Waals surface area contributed by atoms with E-state index in [-0.39, 0.29) is 17.7 Å². The van der Waals surface area contributed by atoms with Crippen LogP contribution in [0.25, 0.3) is 0 Å². The fourth-order valence-electron chi connectivity index (χ4n) is 4.43. The van der Waals surface area contributed by atoms with Gasteiger partial charge in [0.1, 0.15) is 11.9 Å². The first kappa shape index (κ1) is 24.3. The number of nitrogens with one attached hydrogen (secondary N) is 1. The summed E-state index contributed by atoms with van der Waals surface area (Å²) >= 11 is 3.40. The van der Waals surface area contributed by atoms with E-state index in [2.05, 4.69) is 21.2 Å². The van der Waals surface area contributed by atoms with Gasteiger partial charge in [-0.3, -0.25) is 14.4 Å². The molecule has 2 aromatic carbocycles. The minimum absolute atomic E-state index is 0.0499. The molecule has 2 saturated heterocycles. The second kappa shape index (κ2) is 11.1. The molecular formula is C25H27BrFN3O4. The van der Waals surface area contributed by atoms with Gasteiger partial charge in [-0.05, 0) is 61.2 Å². The number of carbonyl (C=O) groups excluding carboxylic acids is 3. The van der Waals surface area contributed by atoms with Gasteiger partial charge in [-0.15, -0.1) is 0 Å². The number of nitrogens with zero attached hydrogens (tertiary/aromatic N) is 2. The highest BCUT2D eigenvalue weighted by molar-refractivity contribution is 9.10. The second-order valence-corrected chi connectivity index (χ2v) is 9.45. The molecule has 0 unspecified atom stereocenters. The van der Waals surface area contributed by atoms with Crippen LogP contribution in [0.5, 0.6) is 0 Å². The maximum absolute atomic E-state index is 13.4. The zero-order chi connectivity index (χ0) is 24.1. The summed E-state index contributed by atoms with van der Waals surface area (Å²) in [4.78, 5) is 42.7. The monoisotopic (exact) mass is 531 g/mol. The summed E-state index contributed by atoms with van der Waals surface area (Å²) in [6, 6.07) is 11.8. The molecule has 2 aliphatic rings. The van der Waals surface area contributed by atoms with Gasteiger partial charge in [0, 0.05) is 41.8 Å². The highest BCUT2D eigenvalue weighted by atomic mass is 79.9. The predicted molar refractivity (Wildman–Crippen MR) is 128 cm³/mol. The first-order valence-electron chi connectivity index (χ1n) is 11.4. The van der Waals surface area contributed by atoms with Crippen molar-refractivity contribution in [3.05, 3.63) is 69.9 Å². The van der Waals surface area contributed by atoms with Crippen LogP contribution in [0.3, 0.4) is 0 Å². The minimum Gasteiger partial charge on any atom is -0.378 e. The van der Waals surface area contributed by atoms with Gasteiger partial charge < -0.3 is 19.9 Å². The van der Waals surface area contributed by atoms with Crippen LogP contribution in [-0.4, -0.2) is 73.0 Å². The topological polar surface area (TPSA) is 79.0 Å². The van der Waals surface area contributed by atoms with Crippen molar-refractivity contribution in [2.24, 2.45) is 5.92 Å². The number of hydrogen-bond acceptors (Lipinski definition) is 4. The minimum atomic E-state index is -0.723. The van der Waals surface area contributed by atoms with Gasteiger partial charge in [0.15, 0.2) is 0 Å². The smallest absolute Gasteiger partial charge is 0.253 e. The van der Waals surface area contributed by atoms with Crippen molar-refractivity contribution in [3.8, 4) is 0 Å². The van der Waals surface area contributed by atoms with Crippen LogP contribution in [0.15, 0.2) is 53.0 Å². The standard InChI is InChI=1S/C25H27BrFN3O4/c26-20-3-1-2-19(16-20)24(32)29-10-8-17(9-11-29)22(25(33)30-12-14-34-15-13-30)28-23(31)18-4-6-21(27)7-5-18/h1-7,16-17,22H,8-15H2,(H,28,31)/t22-/m1/s1. The summed E-state index contributed by atoms with van der Waals surface area (Å²) < 4.78 is 19.5. The van der Waals surface area contributed by atoms with Crippen LogP contribution >= 0.6 is 15.9 Å². The average Bonchev–Trinajstić information content (AvgIpc) is 2.87. The fraction of sp³-hybridized carbons (Fsp3) is 0.400. The van der Waals surface area contributed by atoms with Crippen molar-refractivity contribution < 1.29 is 23.5 Å². The van der Waals surface area contributed by atoms with Crippen LogP contribution in [0, 0.1) is 11.7 Å². The Balaban J connectivity index is 1.46. The third-order valence-corrected chi connectivity index (χ3v) is 6.84. The highest BCUT2D eigenvalue weighted by Gasteiger charge is 2.36. The Bertz CT molecular complexity index is 1030. The normalized spacial score (nSPS) is 17.8. The molecule has 180 valence electrons. The fourth-order valence-corrected chi connectivity index (χ4v) is 4.83. The number of morpholine rings is 1. The van der Waals surface area contributed by atoms with Crippen molar-refractivity contribution >= 4 is 33.7 Å². The van der Waals surface area contributed by atoms with E-state index in [0.29, 0.717) is 63.4 Å². The lowest BCUT2D eigenvalue weighted by Crippen LogP contribution is -2.56. The Morgan fingerprint density at radius 2 is 1.62 bits per heavy atom. The molecule has 0 radical (unpaired) electrons. The Morgan fingerprint density at radius 3 is 2.26 bits per heavy atom. The maximum Gasteiger partial charge on any atom is 0.253 e. The number of piperidine rings is 1. The van der Waals surface area contributed by atoms with E-state index < -0.39 is 17.8 Å². The number of halogens is 2. The Hall–Kier alpha value is -2.78. The molecule has 3 amide bonds. The van der Waals surface area contributed by atoms with E-state index in [1.54, 1.807) is 21.9 Å². The number of rotatable bonds is 5. The molecule has 2 aromatic rings. The molecule has 0 aromatic heterocycles. The quantitative estimate of drug-likeness (QED) is 0.642. The number of hydrogen-bond donors (Lipinski definition) is 1. The molecule has 2 aliphatic heterocycles. The lowest BCUT2D eigenvalue weighted by atomic mass is 9.87. The van der Waals surface area contributed by atoms with Crippen LogP contribution < -0.4 is 5.32 Å². The SMILES string of the molecule is O=C(N[C@@H](C(=O)N1CCOCC1)C1CCN(C(=O)c2cccc(Br)c2)CC1)c1ccc(F)cc1. The number of ether oxygens (including phenoxy) is 1. The lowest BCUT2D eigenvalue weighted by molar-refractivity contribution is -0.139. The Kier molecular flexibility index (Phi) is 7.95. The van der Waals surface area contributed by atoms with E-state index in [0.717, 1.165) is 4.47 Å². The molecule has 2 fully saturated rings. The van der Waals surface area contributed by atoms with Gasteiger partial charge in [-0.25, -0.2) is 4.39 Å². The summed E-state index contributed by atoms with van der Waals surface area (Å²) in [5, 5.41) is 2.90. The lowest BCUT2D eigenvalue weighted by Gasteiger charge is -2.38. The molecular weight excluding hydrogens is 505 g/mol. The van der Waals surface area contributed by atoms with Crippen molar-refractivity contribution in [1.29, 1.82) is 0 Å². The van der Waals surface area contributed by atoms with E-state index >= 15 is 0 Å². The molecule has 7 nitrogen and oxygen atoms in total.